The minimum absolute atomic E-state index is 0. The molecule has 0 aromatic carbocycles. The Labute approximate surface area is 195 Å². The summed E-state index contributed by atoms with van der Waals surface area (Å²) in [6.07, 6.45) is 0. The molecule has 0 aliphatic heterocycles. The number of nitrogens with one attached hydrogen (secondary N) is 2. The number of rotatable bonds is 9. The maximum Gasteiger partial charge on any atom is 2.00 e. The van der Waals surface area contributed by atoms with E-state index in [0.29, 0.717) is 41.5 Å². The molecular weight excluding hydrogens is 458 g/mol. The van der Waals surface area contributed by atoms with Crippen molar-refractivity contribution in [2.24, 2.45) is 20.2 Å². The van der Waals surface area contributed by atoms with Crippen molar-refractivity contribution in [1.29, 1.82) is 0 Å². The van der Waals surface area contributed by atoms with Gasteiger partial charge in [0.15, 0.2) is 0 Å². The fourth-order valence-corrected chi connectivity index (χ4v) is 2.90. The van der Waals surface area contributed by atoms with Crippen LogP contribution in [0.3, 0.4) is 0 Å². The molecule has 0 aliphatic carbocycles. The van der Waals surface area contributed by atoms with Crippen LogP contribution in [0.15, 0.2) is 26.3 Å². The number of ether oxygens (including phenoxy) is 1. The molecule has 1 aromatic heterocycles. The van der Waals surface area contributed by atoms with Crippen LogP contribution in [0, 0.1) is 13.8 Å². The Morgan fingerprint density at radius 1 is 1.07 bits per heavy atom. The third-order valence-corrected chi connectivity index (χ3v) is 4.32. The number of aryl methyl sites for hydroxylation is 1. The van der Waals surface area contributed by atoms with Crippen molar-refractivity contribution in [2.75, 3.05) is 26.8 Å². The molecule has 0 bridgehead atoms. The first-order valence-electron chi connectivity index (χ1n) is 9.08. The van der Waals surface area contributed by atoms with E-state index in [1.54, 1.807) is 7.11 Å². The Bertz CT molecular complexity index is 773. The van der Waals surface area contributed by atoms with Crippen molar-refractivity contribution in [1.82, 2.24) is 15.4 Å². The summed E-state index contributed by atoms with van der Waals surface area (Å²) >= 11 is 10.3. The molecule has 0 unspecified atom stereocenters. The number of hydrazone groups is 2. The quantitative estimate of drug-likeness (QED) is 0.183. The SMILES string of the molecule is CCN=C([S-])N/N=C(C)/C(=N/NC([S-])=NCC)c1cc(C)n(CCOC)c1C.[Cu+2]. The van der Waals surface area contributed by atoms with Gasteiger partial charge >= 0.3 is 17.1 Å². The zero-order valence-corrected chi connectivity index (χ0v) is 20.2. The van der Waals surface area contributed by atoms with Gasteiger partial charge in [0, 0.05) is 43.7 Å². The molecule has 0 saturated heterocycles. The van der Waals surface area contributed by atoms with Gasteiger partial charge in [-0.25, -0.2) is 0 Å². The summed E-state index contributed by atoms with van der Waals surface area (Å²) in [6, 6.07) is 2.07. The second-order valence-corrected chi connectivity index (χ2v) is 6.64. The van der Waals surface area contributed by atoms with Gasteiger partial charge < -0.3 is 34.6 Å². The number of hydrogen-bond donors (Lipinski definition) is 2. The fraction of sp³-hybridized carbons (Fsp3) is 0.556. The minimum Gasteiger partial charge on any atom is -0.741 e. The first kappa shape index (κ1) is 27.5. The predicted molar refractivity (Wildman–Crippen MR) is 122 cm³/mol. The molecule has 1 aromatic rings. The van der Waals surface area contributed by atoms with Crippen LogP contribution in [0.25, 0.3) is 0 Å². The van der Waals surface area contributed by atoms with Gasteiger partial charge in [0.1, 0.15) is 5.71 Å². The van der Waals surface area contributed by atoms with Crippen molar-refractivity contribution >= 4 is 47.0 Å². The van der Waals surface area contributed by atoms with Gasteiger partial charge in [0.2, 0.25) is 0 Å². The van der Waals surface area contributed by atoms with Gasteiger partial charge in [-0.2, -0.15) is 10.2 Å². The maximum absolute atomic E-state index is 5.22. The minimum atomic E-state index is 0. The molecule has 0 aliphatic rings. The van der Waals surface area contributed by atoms with E-state index in [0.717, 1.165) is 23.5 Å². The Morgan fingerprint density at radius 3 is 2.14 bits per heavy atom. The van der Waals surface area contributed by atoms with E-state index in [2.05, 4.69) is 41.7 Å². The molecule has 1 radical (unpaired) electrons. The van der Waals surface area contributed by atoms with E-state index >= 15 is 0 Å². The van der Waals surface area contributed by atoms with Gasteiger partial charge in [-0.15, -0.1) is 0 Å². The summed E-state index contributed by atoms with van der Waals surface area (Å²) in [6.45, 7) is 12.3. The summed E-state index contributed by atoms with van der Waals surface area (Å²) in [5, 5.41) is 9.47. The van der Waals surface area contributed by atoms with Crippen molar-refractivity contribution in [3.05, 3.63) is 23.0 Å². The van der Waals surface area contributed by atoms with Crippen LogP contribution in [0.2, 0.25) is 0 Å². The van der Waals surface area contributed by atoms with E-state index in [1.165, 1.54) is 0 Å². The van der Waals surface area contributed by atoms with E-state index in [9.17, 15) is 0 Å². The summed E-state index contributed by atoms with van der Waals surface area (Å²) in [5.41, 5.74) is 10.0. The Morgan fingerprint density at radius 2 is 1.62 bits per heavy atom. The molecule has 1 rings (SSSR count). The number of nitrogens with zero attached hydrogens (tertiary/aromatic N) is 5. The average molecular weight is 487 g/mol. The maximum atomic E-state index is 5.22. The van der Waals surface area contributed by atoms with Crippen LogP contribution < -0.4 is 10.9 Å². The van der Waals surface area contributed by atoms with Crippen molar-refractivity contribution in [2.45, 2.75) is 41.2 Å². The van der Waals surface area contributed by atoms with E-state index in [-0.39, 0.29) is 17.1 Å². The molecule has 1 heterocycles. The van der Waals surface area contributed by atoms with Gasteiger partial charge in [-0.05, 0) is 51.0 Å². The third-order valence-electron chi connectivity index (χ3n) is 3.88. The second kappa shape index (κ2) is 14.5. The van der Waals surface area contributed by atoms with Crippen LogP contribution in [-0.4, -0.2) is 53.1 Å². The number of aliphatic imine (C=N–C) groups is 2. The average Bonchev–Trinajstić information content (AvgIpc) is 2.93. The van der Waals surface area contributed by atoms with Crippen LogP contribution >= 0.6 is 0 Å². The third kappa shape index (κ3) is 8.79. The summed E-state index contributed by atoms with van der Waals surface area (Å²) in [5.74, 6) is 0. The van der Waals surface area contributed by atoms with Crippen molar-refractivity contribution < 1.29 is 21.8 Å². The van der Waals surface area contributed by atoms with Crippen LogP contribution in [-0.2, 0) is 53.6 Å². The topological polar surface area (TPSA) is 87.7 Å². The summed E-state index contributed by atoms with van der Waals surface area (Å²) in [4.78, 5) is 8.23. The van der Waals surface area contributed by atoms with Crippen molar-refractivity contribution in [3.8, 4) is 0 Å². The van der Waals surface area contributed by atoms with Crippen LogP contribution in [0.5, 0.6) is 0 Å². The molecule has 11 heteroatoms. The summed E-state index contributed by atoms with van der Waals surface area (Å²) < 4.78 is 7.40. The Kier molecular flexibility index (Phi) is 13.7. The van der Waals surface area contributed by atoms with Crippen LogP contribution in [0.1, 0.15) is 37.7 Å². The van der Waals surface area contributed by atoms with Crippen molar-refractivity contribution in [3.63, 3.8) is 0 Å². The standard InChI is InChI=1S/C18H31N7OS2.Cu/c1-7-19-17(27)23-21-13(4)16(22-24-18(28)20-8-2)15-11-12(3)25(14(15)5)9-10-26-6;/h11H,7-10H2,1-6H3,(H2,19,23,27)(H2,20,24,28);/q;+2/p-2/b21-13+,22-16-;. The smallest absolute Gasteiger partial charge is 0.741 e. The zero-order valence-electron chi connectivity index (χ0n) is 17.7. The molecule has 0 spiro atoms. The van der Waals surface area contributed by atoms with Gasteiger partial charge in [0.25, 0.3) is 0 Å². The van der Waals surface area contributed by atoms with E-state index < -0.39 is 0 Å². The molecule has 0 amide bonds. The zero-order chi connectivity index (χ0) is 21.1. The molecule has 165 valence electrons. The van der Waals surface area contributed by atoms with Gasteiger partial charge in [-0.1, -0.05) is 0 Å². The number of amidine groups is 2. The number of methoxy groups -OCH3 is 1. The monoisotopic (exact) mass is 486 g/mol. The largest absolute Gasteiger partial charge is 2.00 e. The van der Waals surface area contributed by atoms with E-state index in [4.69, 9.17) is 30.0 Å². The molecule has 0 fully saturated rings. The molecule has 0 atom stereocenters. The van der Waals surface area contributed by atoms with Crippen LogP contribution in [0.4, 0.5) is 0 Å². The summed E-state index contributed by atoms with van der Waals surface area (Å²) in [7, 11) is 1.69. The van der Waals surface area contributed by atoms with Gasteiger partial charge in [0.05, 0.1) is 12.3 Å². The normalized spacial score (nSPS) is 13.3. The second-order valence-electron chi connectivity index (χ2n) is 5.87. The fourth-order valence-electron chi connectivity index (χ4n) is 2.55. The first-order chi connectivity index (χ1) is 13.3. The molecule has 2 N–H and O–H groups in total. The molecule has 0 saturated carbocycles. The number of aromatic nitrogens is 1. The Balaban J connectivity index is 0.00000784. The Hall–Kier alpha value is -1.52. The molecule has 29 heavy (non-hydrogen) atoms. The molecule has 8 nitrogen and oxygen atoms in total. The first-order valence-corrected chi connectivity index (χ1v) is 9.90. The van der Waals surface area contributed by atoms with E-state index in [1.807, 2.05) is 34.6 Å². The number of hydrogen-bond acceptors (Lipinski definition) is 7. The van der Waals surface area contributed by atoms with Gasteiger partial charge in [-0.3, -0.25) is 20.8 Å². The molecular formula is C18H29CuN7OS2. The predicted octanol–water partition coefficient (Wildman–Crippen LogP) is 1.85.